The van der Waals surface area contributed by atoms with Crippen molar-refractivity contribution in [1.29, 1.82) is 0 Å². The summed E-state index contributed by atoms with van der Waals surface area (Å²) in [4.78, 5) is 11.5. The van der Waals surface area contributed by atoms with Gasteiger partial charge in [0.15, 0.2) is 0 Å². The Morgan fingerprint density at radius 2 is 1.92 bits per heavy atom. The standard InChI is InChI=1S/C19H22Cl2N4/c20-16-4-1-5-17(21)15(16)12-25-10-2-3-14(11-25)23-18-8-9-22-19(24-18)13-6-7-13/h1,4-5,8-9,13-14H,2-3,6-7,10-12H2,(H,22,23,24). The summed E-state index contributed by atoms with van der Waals surface area (Å²) in [5.41, 5.74) is 1.02. The first-order valence-electron chi connectivity index (χ1n) is 8.94. The lowest BCUT2D eigenvalue weighted by atomic mass is 10.0. The van der Waals surface area contributed by atoms with Gasteiger partial charge in [-0.15, -0.1) is 0 Å². The monoisotopic (exact) mass is 376 g/mol. The van der Waals surface area contributed by atoms with Gasteiger partial charge in [0.05, 0.1) is 0 Å². The van der Waals surface area contributed by atoms with Crippen molar-refractivity contribution in [2.45, 2.75) is 44.2 Å². The number of hydrogen-bond donors (Lipinski definition) is 1. The number of anilines is 1. The predicted octanol–water partition coefficient (Wildman–Crippen LogP) is 4.74. The van der Waals surface area contributed by atoms with Crippen molar-refractivity contribution in [3.8, 4) is 0 Å². The average molecular weight is 377 g/mol. The molecule has 6 heteroatoms. The van der Waals surface area contributed by atoms with Crippen LogP contribution in [0.25, 0.3) is 0 Å². The maximum atomic E-state index is 6.32. The lowest BCUT2D eigenvalue weighted by Crippen LogP contribution is -2.41. The summed E-state index contributed by atoms with van der Waals surface area (Å²) in [5.74, 6) is 2.51. The number of nitrogens with zero attached hydrogens (tertiary/aromatic N) is 3. The van der Waals surface area contributed by atoms with E-state index in [1.54, 1.807) is 0 Å². The molecule has 1 aromatic heterocycles. The lowest BCUT2D eigenvalue weighted by molar-refractivity contribution is 0.208. The van der Waals surface area contributed by atoms with E-state index in [4.69, 9.17) is 23.2 Å². The van der Waals surface area contributed by atoms with Gasteiger partial charge in [0.2, 0.25) is 0 Å². The van der Waals surface area contributed by atoms with Crippen LogP contribution < -0.4 is 5.32 Å². The zero-order valence-electron chi connectivity index (χ0n) is 14.1. The molecule has 4 nitrogen and oxygen atoms in total. The van der Waals surface area contributed by atoms with Crippen LogP contribution in [0.3, 0.4) is 0 Å². The quantitative estimate of drug-likeness (QED) is 0.817. The van der Waals surface area contributed by atoms with Crippen LogP contribution in [0.15, 0.2) is 30.5 Å². The van der Waals surface area contributed by atoms with Gasteiger partial charge in [0.1, 0.15) is 11.6 Å². The second-order valence-electron chi connectivity index (χ2n) is 6.99. The summed E-state index contributed by atoms with van der Waals surface area (Å²) in [6, 6.07) is 8.06. The number of hydrogen-bond acceptors (Lipinski definition) is 4. The third-order valence-electron chi connectivity index (χ3n) is 4.92. The van der Waals surface area contributed by atoms with Crippen molar-refractivity contribution in [2.24, 2.45) is 0 Å². The van der Waals surface area contributed by atoms with Crippen molar-refractivity contribution in [3.05, 3.63) is 51.9 Å². The van der Waals surface area contributed by atoms with Crippen LogP contribution in [0, 0.1) is 0 Å². The van der Waals surface area contributed by atoms with E-state index in [0.29, 0.717) is 12.0 Å². The topological polar surface area (TPSA) is 41.0 Å². The summed E-state index contributed by atoms with van der Waals surface area (Å²) in [6.07, 6.45) is 6.61. The molecule has 4 rings (SSSR count). The van der Waals surface area contributed by atoms with E-state index in [0.717, 1.165) is 59.7 Å². The summed E-state index contributed by atoms with van der Waals surface area (Å²) < 4.78 is 0. The molecule has 0 spiro atoms. The van der Waals surface area contributed by atoms with E-state index in [2.05, 4.69) is 20.2 Å². The minimum absolute atomic E-state index is 0.386. The second-order valence-corrected chi connectivity index (χ2v) is 7.81. The molecule has 0 radical (unpaired) electrons. The molecule has 1 saturated carbocycles. The molecule has 1 atom stereocenters. The Balaban J connectivity index is 1.40. The molecule has 2 aromatic rings. The Bertz CT molecular complexity index is 728. The van der Waals surface area contributed by atoms with E-state index in [1.807, 2.05) is 30.5 Å². The van der Waals surface area contributed by atoms with E-state index >= 15 is 0 Å². The molecule has 0 bridgehead atoms. The van der Waals surface area contributed by atoms with Crippen LogP contribution in [-0.2, 0) is 6.54 Å². The third kappa shape index (κ3) is 4.25. The Hall–Kier alpha value is -1.36. The first-order chi connectivity index (χ1) is 12.2. The molecule has 1 aliphatic carbocycles. The van der Waals surface area contributed by atoms with Gasteiger partial charge in [-0.25, -0.2) is 9.97 Å². The Kier molecular flexibility index (Phi) is 5.11. The molecular weight excluding hydrogens is 355 g/mol. The molecule has 2 fully saturated rings. The molecule has 2 heterocycles. The fraction of sp³-hybridized carbons (Fsp3) is 0.474. The molecule has 1 saturated heterocycles. The molecule has 1 aromatic carbocycles. The lowest BCUT2D eigenvalue weighted by Gasteiger charge is -2.33. The second kappa shape index (κ2) is 7.48. The Morgan fingerprint density at radius 3 is 2.68 bits per heavy atom. The van der Waals surface area contributed by atoms with Crippen LogP contribution in [0.1, 0.15) is 43.0 Å². The molecule has 1 unspecified atom stereocenters. The van der Waals surface area contributed by atoms with Gasteiger partial charge in [0, 0.05) is 46.9 Å². The molecule has 132 valence electrons. The van der Waals surface area contributed by atoms with E-state index in [1.165, 1.54) is 12.8 Å². The fourth-order valence-corrected chi connectivity index (χ4v) is 3.94. The number of benzene rings is 1. The Morgan fingerprint density at radius 1 is 1.12 bits per heavy atom. The number of nitrogens with one attached hydrogen (secondary N) is 1. The van der Waals surface area contributed by atoms with Gasteiger partial charge in [0.25, 0.3) is 0 Å². The maximum Gasteiger partial charge on any atom is 0.133 e. The molecule has 1 N–H and O–H groups in total. The van der Waals surface area contributed by atoms with Crippen molar-refractivity contribution >= 4 is 29.0 Å². The molecule has 25 heavy (non-hydrogen) atoms. The highest BCUT2D eigenvalue weighted by Gasteiger charge is 2.27. The number of likely N-dealkylation sites (tertiary alicyclic amines) is 1. The van der Waals surface area contributed by atoms with Crippen LogP contribution in [0.4, 0.5) is 5.82 Å². The average Bonchev–Trinajstić information content (AvgIpc) is 3.44. The summed E-state index contributed by atoms with van der Waals surface area (Å²) >= 11 is 12.6. The SMILES string of the molecule is Clc1cccc(Cl)c1CN1CCCC(Nc2ccnc(C3CC3)n2)C1. The smallest absolute Gasteiger partial charge is 0.133 e. The van der Waals surface area contributed by atoms with Gasteiger partial charge in [-0.1, -0.05) is 29.3 Å². The van der Waals surface area contributed by atoms with Gasteiger partial charge in [-0.3, -0.25) is 4.90 Å². The normalized spacial score (nSPS) is 21.3. The predicted molar refractivity (Wildman–Crippen MR) is 102 cm³/mol. The largest absolute Gasteiger partial charge is 0.366 e. The molecular formula is C19H22Cl2N4. The van der Waals surface area contributed by atoms with Crippen LogP contribution in [-0.4, -0.2) is 34.0 Å². The fourth-order valence-electron chi connectivity index (χ4n) is 3.43. The van der Waals surface area contributed by atoms with E-state index < -0.39 is 0 Å². The summed E-state index contributed by atoms with van der Waals surface area (Å²) in [7, 11) is 0. The maximum absolute atomic E-state index is 6.32. The zero-order chi connectivity index (χ0) is 17.2. The van der Waals surface area contributed by atoms with Crippen LogP contribution in [0.2, 0.25) is 10.0 Å². The number of halogens is 2. The number of rotatable bonds is 5. The highest BCUT2D eigenvalue weighted by Crippen LogP contribution is 2.38. The van der Waals surface area contributed by atoms with E-state index in [-0.39, 0.29) is 0 Å². The van der Waals surface area contributed by atoms with Gasteiger partial charge in [-0.05, 0) is 50.4 Å². The van der Waals surface area contributed by atoms with Crippen LogP contribution >= 0.6 is 23.2 Å². The first kappa shape index (κ1) is 17.1. The minimum atomic E-state index is 0.386. The Labute approximate surface area is 158 Å². The van der Waals surface area contributed by atoms with Gasteiger partial charge >= 0.3 is 0 Å². The van der Waals surface area contributed by atoms with Crippen molar-refractivity contribution in [1.82, 2.24) is 14.9 Å². The van der Waals surface area contributed by atoms with Crippen molar-refractivity contribution in [3.63, 3.8) is 0 Å². The van der Waals surface area contributed by atoms with Crippen LogP contribution in [0.5, 0.6) is 0 Å². The van der Waals surface area contributed by atoms with Crippen molar-refractivity contribution in [2.75, 3.05) is 18.4 Å². The van der Waals surface area contributed by atoms with E-state index in [9.17, 15) is 0 Å². The zero-order valence-corrected chi connectivity index (χ0v) is 15.6. The molecule has 0 amide bonds. The number of aromatic nitrogens is 2. The highest BCUT2D eigenvalue weighted by atomic mass is 35.5. The van der Waals surface area contributed by atoms with Gasteiger partial charge < -0.3 is 5.32 Å². The van der Waals surface area contributed by atoms with Gasteiger partial charge in [-0.2, -0.15) is 0 Å². The summed E-state index contributed by atoms with van der Waals surface area (Å²) in [5, 5.41) is 5.08. The molecule has 1 aliphatic heterocycles. The summed E-state index contributed by atoms with van der Waals surface area (Å²) in [6.45, 7) is 2.81. The number of piperidine rings is 1. The highest BCUT2D eigenvalue weighted by molar-refractivity contribution is 6.35. The third-order valence-corrected chi connectivity index (χ3v) is 5.63. The minimum Gasteiger partial charge on any atom is -0.366 e. The first-order valence-corrected chi connectivity index (χ1v) is 9.69. The molecule has 2 aliphatic rings. The van der Waals surface area contributed by atoms with Crippen molar-refractivity contribution < 1.29 is 0 Å².